The molecule has 0 spiro atoms. The van der Waals surface area contributed by atoms with Gasteiger partial charge < -0.3 is 19.9 Å². The predicted molar refractivity (Wildman–Crippen MR) is 86.8 cm³/mol. The molecule has 6 heteroatoms. The van der Waals surface area contributed by atoms with Gasteiger partial charge in [-0.25, -0.2) is 0 Å². The summed E-state index contributed by atoms with van der Waals surface area (Å²) in [5.41, 5.74) is 0.708. The van der Waals surface area contributed by atoms with Crippen molar-refractivity contribution in [2.45, 2.75) is 37.8 Å². The topological polar surface area (TPSA) is 74.5 Å². The molecule has 1 aliphatic carbocycles. The van der Waals surface area contributed by atoms with Gasteiger partial charge in [0.25, 0.3) is 0 Å². The van der Waals surface area contributed by atoms with E-state index in [1.807, 2.05) is 0 Å². The molecule has 1 aromatic rings. The third kappa shape index (κ3) is 3.89. The molecule has 2 N–H and O–H groups in total. The molecule has 0 radical (unpaired) electrons. The van der Waals surface area contributed by atoms with Crippen molar-refractivity contribution in [3.05, 3.63) is 22.7 Å². The number of fused-ring (bicyclic) bond motifs is 1. The summed E-state index contributed by atoms with van der Waals surface area (Å²) in [6.07, 6.45) is 3.26. The fraction of sp³-hybridized carbons (Fsp3) is 0.588. The Kier molecular flexibility index (Phi) is 5.27. The van der Waals surface area contributed by atoms with Crippen molar-refractivity contribution in [3.8, 4) is 17.6 Å². The average Bonchev–Trinajstić information content (AvgIpc) is 2.60. The van der Waals surface area contributed by atoms with Crippen molar-refractivity contribution in [3.63, 3.8) is 0 Å². The van der Waals surface area contributed by atoms with Crippen LogP contribution in [0.25, 0.3) is 0 Å². The summed E-state index contributed by atoms with van der Waals surface area (Å²) in [7, 11) is 0. The highest BCUT2D eigenvalue weighted by Crippen LogP contribution is 2.39. The van der Waals surface area contributed by atoms with Crippen LogP contribution in [-0.2, 0) is 0 Å². The molecule has 1 heterocycles. The lowest BCUT2D eigenvalue weighted by atomic mass is 9.86. The Bertz CT molecular complexity index is 602. The highest BCUT2D eigenvalue weighted by atomic mass is 35.5. The SMILES string of the molecule is N#CC1CCCC(NCC(O)c2cc(Cl)c3c(c2)OCCO3)C1. The van der Waals surface area contributed by atoms with Crippen LogP contribution in [0.1, 0.15) is 37.4 Å². The molecule has 1 aromatic carbocycles. The van der Waals surface area contributed by atoms with Crippen LogP contribution in [0.4, 0.5) is 0 Å². The van der Waals surface area contributed by atoms with Gasteiger partial charge in [0.15, 0.2) is 11.5 Å². The third-order valence-electron chi connectivity index (χ3n) is 4.46. The molecule has 1 aliphatic heterocycles. The van der Waals surface area contributed by atoms with E-state index in [2.05, 4.69) is 11.4 Å². The van der Waals surface area contributed by atoms with Crippen LogP contribution in [0.5, 0.6) is 11.5 Å². The predicted octanol–water partition coefficient (Wildman–Crippen LogP) is 2.82. The summed E-state index contributed by atoms with van der Waals surface area (Å²) in [4.78, 5) is 0. The second-order valence-electron chi connectivity index (χ2n) is 6.14. The molecule has 23 heavy (non-hydrogen) atoms. The normalized spacial score (nSPS) is 24.7. The largest absolute Gasteiger partial charge is 0.486 e. The maximum atomic E-state index is 10.4. The van der Waals surface area contributed by atoms with Crippen LogP contribution < -0.4 is 14.8 Å². The molecule has 5 nitrogen and oxygen atoms in total. The van der Waals surface area contributed by atoms with Gasteiger partial charge in [-0.2, -0.15) is 5.26 Å². The Morgan fingerprint density at radius 3 is 3.00 bits per heavy atom. The highest BCUT2D eigenvalue weighted by molar-refractivity contribution is 6.32. The van der Waals surface area contributed by atoms with Crippen LogP contribution in [0.3, 0.4) is 0 Å². The molecule has 0 amide bonds. The van der Waals surface area contributed by atoms with Gasteiger partial charge in [0.05, 0.1) is 17.2 Å². The Morgan fingerprint density at radius 1 is 1.35 bits per heavy atom. The van der Waals surface area contributed by atoms with E-state index in [9.17, 15) is 5.11 Å². The van der Waals surface area contributed by atoms with Crippen molar-refractivity contribution < 1.29 is 14.6 Å². The molecule has 124 valence electrons. The van der Waals surface area contributed by atoms with Crippen molar-refractivity contribution in [1.82, 2.24) is 5.32 Å². The maximum Gasteiger partial charge on any atom is 0.179 e. The maximum absolute atomic E-state index is 10.4. The van der Waals surface area contributed by atoms with E-state index < -0.39 is 6.10 Å². The van der Waals surface area contributed by atoms with E-state index >= 15 is 0 Å². The number of aliphatic hydroxyl groups is 1. The van der Waals surface area contributed by atoms with Crippen molar-refractivity contribution in [2.75, 3.05) is 19.8 Å². The second kappa shape index (κ2) is 7.39. The summed E-state index contributed by atoms with van der Waals surface area (Å²) in [5.74, 6) is 1.26. The monoisotopic (exact) mass is 336 g/mol. The van der Waals surface area contributed by atoms with E-state index in [0.29, 0.717) is 41.8 Å². The fourth-order valence-corrected chi connectivity index (χ4v) is 3.49. The van der Waals surface area contributed by atoms with E-state index in [4.69, 9.17) is 26.3 Å². The lowest BCUT2D eigenvalue weighted by Gasteiger charge is -2.27. The summed E-state index contributed by atoms with van der Waals surface area (Å²) in [6, 6.07) is 6.14. The Labute approximate surface area is 141 Å². The smallest absolute Gasteiger partial charge is 0.179 e. The van der Waals surface area contributed by atoms with Gasteiger partial charge in [-0.3, -0.25) is 0 Å². The molecule has 0 saturated heterocycles. The van der Waals surface area contributed by atoms with E-state index in [1.165, 1.54) is 0 Å². The van der Waals surface area contributed by atoms with Crippen molar-refractivity contribution in [1.29, 1.82) is 5.26 Å². The van der Waals surface area contributed by atoms with Crippen LogP contribution in [-0.4, -0.2) is 30.9 Å². The lowest BCUT2D eigenvalue weighted by molar-refractivity contribution is 0.157. The zero-order valence-electron chi connectivity index (χ0n) is 12.9. The molecule has 1 saturated carbocycles. The number of hydrogen-bond acceptors (Lipinski definition) is 5. The van der Waals surface area contributed by atoms with Crippen molar-refractivity contribution >= 4 is 11.6 Å². The summed E-state index contributed by atoms with van der Waals surface area (Å²) >= 11 is 6.21. The number of aliphatic hydroxyl groups excluding tert-OH is 1. The quantitative estimate of drug-likeness (QED) is 0.884. The summed E-state index contributed by atoms with van der Waals surface area (Å²) in [6.45, 7) is 1.40. The standard InChI is InChI=1S/C17H21ClN2O3/c18-14-7-12(8-16-17(14)23-5-4-22-16)15(21)10-20-13-3-1-2-11(6-13)9-19/h7-8,11,13,15,20-21H,1-6,10H2. The lowest BCUT2D eigenvalue weighted by Crippen LogP contribution is -2.36. The first-order valence-electron chi connectivity index (χ1n) is 8.07. The average molecular weight is 337 g/mol. The molecular weight excluding hydrogens is 316 g/mol. The number of hydrogen-bond donors (Lipinski definition) is 2. The minimum absolute atomic E-state index is 0.127. The number of nitrogens with one attached hydrogen (secondary N) is 1. The van der Waals surface area contributed by atoms with Gasteiger partial charge in [-0.05, 0) is 37.0 Å². The number of benzene rings is 1. The Morgan fingerprint density at radius 2 is 2.17 bits per heavy atom. The zero-order chi connectivity index (χ0) is 16.2. The van der Waals surface area contributed by atoms with E-state index in [1.54, 1.807) is 12.1 Å². The van der Waals surface area contributed by atoms with Gasteiger partial charge >= 0.3 is 0 Å². The second-order valence-corrected chi connectivity index (χ2v) is 6.55. The molecule has 0 bridgehead atoms. The van der Waals surface area contributed by atoms with Gasteiger partial charge in [-0.1, -0.05) is 18.0 Å². The molecule has 0 aromatic heterocycles. The molecule has 3 rings (SSSR count). The number of nitriles is 1. The van der Waals surface area contributed by atoms with Gasteiger partial charge in [0, 0.05) is 18.5 Å². The number of ether oxygens (including phenoxy) is 2. The first-order valence-corrected chi connectivity index (χ1v) is 8.45. The van der Waals surface area contributed by atoms with Gasteiger partial charge in [-0.15, -0.1) is 0 Å². The van der Waals surface area contributed by atoms with E-state index in [-0.39, 0.29) is 12.0 Å². The minimum atomic E-state index is -0.675. The number of rotatable bonds is 4. The third-order valence-corrected chi connectivity index (χ3v) is 4.74. The van der Waals surface area contributed by atoms with Crippen LogP contribution in [0.15, 0.2) is 12.1 Å². The van der Waals surface area contributed by atoms with Gasteiger partial charge in [0.2, 0.25) is 0 Å². The van der Waals surface area contributed by atoms with Crippen LogP contribution >= 0.6 is 11.6 Å². The van der Waals surface area contributed by atoms with Crippen molar-refractivity contribution in [2.24, 2.45) is 5.92 Å². The Balaban J connectivity index is 1.61. The fourth-order valence-electron chi connectivity index (χ4n) is 3.21. The number of nitrogens with zero attached hydrogens (tertiary/aromatic N) is 1. The molecule has 1 fully saturated rings. The first-order chi connectivity index (χ1) is 11.2. The Hall–Kier alpha value is -1.48. The van der Waals surface area contributed by atoms with Gasteiger partial charge in [0.1, 0.15) is 13.2 Å². The van der Waals surface area contributed by atoms with E-state index in [0.717, 1.165) is 25.7 Å². The minimum Gasteiger partial charge on any atom is -0.486 e. The zero-order valence-corrected chi connectivity index (χ0v) is 13.7. The molecular formula is C17H21ClN2O3. The van der Waals surface area contributed by atoms with Crippen LogP contribution in [0.2, 0.25) is 5.02 Å². The molecule has 2 aliphatic rings. The molecule has 3 atom stereocenters. The number of halogens is 1. The summed E-state index contributed by atoms with van der Waals surface area (Å²) < 4.78 is 11.0. The molecule has 3 unspecified atom stereocenters. The summed E-state index contributed by atoms with van der Waals surface area (Å²) in [5, 5.41) is 23.3. The first kappa shape index (κ1) is 16.4. The van der Waals surface area contributed by atoms with Crippen LogP contribution in [0, 0.1) is 17.2 Å². The highest BCUT2D eigenvalue weighted by Gasteiger charge is 2.23.